The van der Waals surface area contributed by atoms with Gasteiger partial charge in [0.25, 0.3) is 0 Å². The predicted molar refractivity (Wildman–Crippen MR) is 67.2 cm³/mol. The monoisotopic (exact) mass is 254 g/mol. The van der Waals surface area contributed by atoms with Crippen molar-refractivity contribution in [1.82, 2.24) is 10.6 Å². The second-order valence-electron chi connectivity index (χ2n) is 5.37. The summed E-state index contributed by atoms with van der Waals surface area (Å²) in [5.74, 6) is -0.944. The SMILES string of the molecule is O=C(O)C(NC(=O)[C@@H]1CCCN1)C1CCCCC1. The highest BCUT2D eigenvalue weighted by Crippen LogP contribution is 2.26. The first-order valence-corrected chi connectivity index (χ1v) is 6.95. The number of carbonyl (C=O) groups excluding carboxylic acids is 1. The molecule has 1 heterocycles. The van der Waals surface area contributed by atoms with E-state index in [9.17, 15) is 14.7 Å². The Kier molecular flexibility index (Phi) is 4.58. The van der Waals surface area contributed by atoms with Crippen molar-refractivity contribution < 1.29 is 14.7 Å². The van der Waals surface area contributed by atoms with Gasteiger partial charge in [-0.25, -0.2) is 4.79 Å². The molecular weight excluding hydrogens is 232 g/mol. The van der Waals surface area contributed by atoms with Gasteiger partial charge in [0.1, 0.15) is 6.04 Å². The topological polar surface area (TPSA) is 78.4 Å². The molecule has 0 bridgehead atoms. The van der Waals surface area contributed by atoms with E-state index in [-0.39, 0.29) is 17.9 Å². The van der Waals surface area contributed by atoms with Crippen LogP contribution in [0.2, 0.25) is 0 Å². The Labute approximate surface area is 107 Å². The van der Waals surface area contributed by atoms with Gasteiger partial charge in [-0.05, 0) is 38.1 Å². The van der Waals surface area contributed by atoms with Crippen molar-refractivity contribution in [2.45, 2.75) is 57.0 Å². The number of carboxylic acids is 1. The lowest BCUT2D eigenvalue weighted by Gasteiger charge is -2.28. The van der Waals surface area contributed by atoms with Gasteiger partial charge in [-0.3, -0.25) is 4.79 Å². The third kappa shape index (κ3) is 3.22. The Balaban J connectivity index is 1.92. The van der Waals surface area contributed by atoms with Crippen LogP contribution >= 0.6 is 0 Å². The molecule has 3 N–H and O–H groups in total. The molecule has 1 aliphatic heterocycles. The molecule has 0 spiro atoms. The lowest BCUT2D eigenvalue weighted by atomic mass is 9.84. The maximum absolute atomic E-state index is 12.0. The van der Waals surface area contributed by atoms with E-state index in [0.717, 1.165) is 45.1 Å². The minimum atomic E-state index is -0.895. The number of amides is 1. The number of nitrogens with one attached hydrogen (secondary N) is 2. The molecule has 2 rings (SSSR count). The van der Waals surface area contributed by atoms with E-state index in [1.54, 1.807) is 0 Å². The van der Waals surface area contributed by atoms with Gasteiger partial charge in [0.05, 0.1) is 6.04 Å². The molecule has 2 atom stereocenters. The van der Waals surface area contributed by atoms with Crippen molar-refractivity contribution in [3.05, 3.63) is 0 Å². The van der Waals surface area contributed by atoms with E-state index in [2.05, 4.69) is 10.6 Å². The Bertz CT molecular complexity index is 307. The van der Waals surface area contributed by atoms with Gasteiger partial charge in [-0.1, -0.05) is 19.3 Å². The number of carboxylic acid groups (broad SMARTS) is 1. The Morgan fingerprint density at radius 2 is 1.83 bits per heavy atom. The normalized spacial score (nSPS) is 26.8. The van der Waals surface area contributed by atoms with Gasteiger partial charge in [0, 0.05) is 0 Å². The average molecular weight is 254 g/mol. The molecule has 0 aromatic carbocycles. The zero-order chi connectivity index (χ0) is 13.0. The van der Waals surface area contributed by atoms with Crippen LogP contribution in [-0.2, 0) is 9.59 Å². The lowest BCUT2D eigenvalue weighted by Crippen LogP contribution is -2.51. The molecule has 1 saturated carbocycles. The number of aliphatic carboxylic acids is 1. The van der Waals surface area contributed by atoms with E-state index < -0.39 is 12.0 Å². The van der Waals surface area contributed by atoms with Gasteiger partial charge in [-0.15, -0.1) is 0 Å². The van der Waals surface area contributed by atoms with Gasteiger partial charge < -0.3 is 15.7 Å². The van der Waals surface area contributed by atoms with Gasteiger partial charge in [-0.2, -0.15) is 0 Å². The van der Waals surface area contributed by atoms with Crippen LogP contribution in [0.25, 0.3) is 0 Å². The summed E-state index contributed by atoms with van der Waals surface area (Å²) in [7, 11) is 0. The molecule has 2 fully saturated rings. The maximum atomic E-state index is 12.0. The summed E-state index contributed by atoms with van der Waals surface area (Å²) in [6.07, 6.45) is 6.95. The number of hydrogen-bond acceptors (Lipinski definition) is 3. The van der Waals surface area contributed by atoms with Crippen LogP contribution in [-0.4, -0.2) is 35.6 Å². The Hall–Kier alpha value is -1.10. The van der Waals surface area contributed by atoms with E-state index in [4.69, 9.17) is 0 Å². The first kappa shape index (κ1) is 13.3. The quantitative estimate of drug-likeness (QED) is 0.696. The third-order valence-electron chi connectivity index (χ3n) is 4.06. The standard InChI is InChI=1S/C13H22N2O3/c16-12(10-7-4-8-14-10)15-11(13(17)18)9-5-2-1-3-6-9/h9-11,14H,1-8H2,(H,15,16)(H,17,18)/t10-,11?/m0/s1. The summed E-state index contributed by atoms with van der Waals surface area (Å²) in [6, 6.07) is -0.907. The lowest BCUT2D eigenvalue weighted by molar-refractivity contribution is -0.144. The van der Waals surface area contributed by atoms with Crippen LogP contribution in [0.3, 0.4) is 0 Å². The molecular formula is C13H22N2O3. The molecule has 5 nitrogen and oxygen atoms in total. The van der Waals surface area contributed by atoms with Crippen LogP contribution in [0.5, 0.6) is 0 Å². The molecule has 0 radical (unpaired) electrons. The van der Waals surface area contributed by atoms with E-state index in [0.29, 0.717) is 0 Å². The summed E-state index contributed by atoms with van der Waals surface area (Å²) in [4.78, 5) is 23.3. The van der Waals surface area contributed by atoms with Crippen LogP contribution in [0.15, 0.2) is 0 Å². The van der Waals surface area contributed by atoms with Crippen molar-refractivity contribution in [3.8, 4) is 0 Å². The highest BCUT2D eigenvalue weighted by molar-refractivity contribution is 5.87. The fourth-order valence-electron chi connectivity index (χ4n) is 3.01. The highest BCUT2D eigenvalue weighted by Gasteiger charge is 2.33. The molecule has 18 heavy (non-hydrogen) atoms. The second-order valence-corrected chi connectivity index (χ2v) is 5.37. The average Bonchev–Trinajstić information content (AvgIpc) is 2.90. The molecule has 1 unspecified atom stereocenters. The maximum Gasteiger partial charge on any atom is 0.326 e. The number of rotatable bonds is 4. The molecule has 102 valence electrons. The smallest absolute Gasteiger partial charge is 0.326 e. The van der Waals surface area contributed by atoms with Crippen molar-refractivity contribution >= 4 is 11.9 Å². The van der Waals surface area contributed by atoms with Crippen molar-refractivity contribution in [2.75, 3.05) is 6.54 Å². The molecule has 0 aromatic heterocycles. The summed E-state index contributed by atoms with van der Waals surface area (Å²) in [5.41, 5.74) is 0. The molecule has 1 aliphatic carbocycles. The largest absolute Gasteiger partial charge is 0.480 e. The fraction of sp³-hybridized carbons (Fsp3) is 0.846. The van der Waals surface area contributed by atoms with Gasteiger partial charge in [0.2, 0.25) is 5.91 Å². The molecule has 0 aromatic rings. The number of carbonyl (C=O) groups is 2. The van der Waals surface area contributed by atoms with Crippen molar-refractivity contribution in [3.63, 3.8) is 0 Å². The zero-order valence-corrected chi connectivity index (χ0v) is 10.7. The summed E-state index contributed by atoms with van der Waals surface area (Å²) < 4.78 is 0. The first-order chi connectivity index (χ1) is 8.68. The highest BCUT2D eigenvalue weighted by atomic mass is 16.4. The summed E-state index contributed by atoms with van der Waals surface area (Å²) in [5, 5.41) is 15.1. The van der Waals surface area contributed by atoms with E-state index >= 15 is 0 Å². The second kappa shape index (κ2) is 6.18. The van der Waals surface area contributed by atoms with Crippen LogP contribution in [0, 0.1) is 5.92 Å². The minimum Gasteiger partial charge on any atom is -0.480 e. The fourth-order valence-corrected chi connectivity index (χ4v) is 3.01. The van der Waals surface area contributed by atoms with Gasteiger partial charge >= 0.3 is 5.97 Å². The first-order valence-electron chi connectivity index (χ1n) is 6.95. The molecule has 5 heteroatoms. The van der Waals surface area contributed by atoms with Gasteiger partial charge in [0.15, 0.2) is 0 Å². The molecule has 1 amide bonds. The van der Waals surface area contributed by atoms with Crippen molar-refractivity contribution in [1.29, 1.82) is 0 Å². The summed E-state index contributed by atoms with van der Waals surface area (Å²) >= 11 is 0. The van der Waals surface area contributed by atoms with E-state index in [1.165, 1.54) is 6.42 Å². The third-order valence-corrected chi connectivity index (χ3v) is 4.06. The van der Waals surface area contributed by atoms with Crippen LogP contribution in [0.4, 0.5) is 0 Å². The Morgan fingerprint density at radius 3 is 2.39 bits per heavy atom. The zero-order valence-electron chi connectivity index (χ0n) is 10.7. The minimum absolute atomic E-state index is 0.0987. The van der Waals surface area contributed by atoms with Crippen LogP contribution < -0.4 is 10.6 Å². The predicted octanol–water partition coefficient (Wildman–Crippen LogP) is 0.888. The molecule has 1 saturated heterocycles. The molecule has 2 aliphatic rings. The van der Waals surface area contributed by atoms with Crippen molar-refractivity contribution in [2.24, 2.45) is 5.92 Å². The van der Waals surface area contributed by atoms with E-state index in [1.807, 2.05) is 0 Å². The Morgan fingerprint density at radius 1 is 1.11 bits per heavy atom. The van der Waals surface area contributed by atoms with Crippen LogP contribution in [0.1, 0.15) is 44.9 Å². The number of hydrogen-bond donors (Lipinski definition) is 3. The summed E-state index contributed by atoms with van der Waals surface area (Å²) in [6.45, 7) is 0.846.